The molecule has 0 radical (unpaired) electrons. The molecule has 0 saturated heterocycles. The highest BCUT2D eigenvalue weighted by Crippen LogP contribution is 2.22. The van der Waals surface area contributed by atoms with Crippen molar-refractivity contribution < 1.29 is 9.59 Å². The summed E-state index contributed by atoms with van der Waals surface area (Å²) in [6.07, 6.45) is 0.650. The fraction of sp³-hybridized carbons (Fsp3) is 0.179. The van der Waals surface area contributed by atoms with Crippen LogP contribution in [0.3, 0.4) is 0 Å². The van der Waals surface area contributed by atoms with Crippen molar-refractivity contribution in [1.29, 1.82) is 0 Å². The normalized spacial score (nSPS) is 11.6. The quantitative estimate of drug-likeness (QED) is 0.406. The van der Waals surface area contributed by atoms with Gasteiger partial charge in [-0.25, -0.2) is 4.68 Å². The summed E-state index contributed by atoms with van der Waals surface area (Å²) in [5.74, 6) is -0.861. The average molecular weight is 469 g/mol. The topological polar surface area (TPSA) is 85.1 Å². The Hall–Kier alpha value is -4.39. The molecule has 0 saturated carbocycles. The summed E-state index contributed by atoms with van der Waals surface area (Å²) in [7, 11) is 1.77. The van der Waals surface area contributed by atoms with Crippen molar-refractivity contribution in [2.45, 2.75) is 26.2 Å². The van der Waals surface area contributed by atoms with Gasteiger partial charge >= 0.3 is 0 Å². The number of anilines is 2. The number of aromatic nitrogens is 2. The van der Waals surface area contributed by atoms with Gasteiger partial charge in [-0.05, 0) is 49.2 Å². The lowest BCUT2D eigenvalue weighted by atomic mass is 9.95. The minimum absolute atomic E-state index is 0.138. The first-order valence-corrected chi connectivity index (χ1v) is 11.5. The van der Waals surface area contributed by atoms with Gasteiger partial charge in [-0.1, -0.05) is 61.5 Å². The van der Waals surface area contributed by atoms with E-state index in [0.29, 0.717) is 29.1 Å². The molecule has 1 unspecified atom stereocenters. The van der Waals surface area contributed by atoms with E-state index in [1.807, 2.05) is 67.6 Å². The smallest absolute Gasteiger partial charge is 0.295 e. The first-order valence-electron chi connectivity index (χ1n) is 11.5. The van der Waals surface area contributed by atoms with E-state index in [9.17, 15) is 14.4 Å². The third-order valence-corrected chi connectivity index (χ3v) is 6.11. The van der Waals surface area contributed by atoms with Crippen molar-refractivity contribution in [3.8, 4) is 5.69 Å². The summed E-state index contributed by atoms with van der Waals surface area (Å²) >= 11 is 0. The molecule has 0 aliphatic heterocycles. The minimum atomic E-state index is -0.429. The number of nitrogens with zero attached hydrogens (tertiary/aromatic N) is 2. The van der Waals surface area contributed by atoms with E-state index < -0.39 is 5.91 Å². The molecular formula is C28H28N4O3. The zero-order chi connectivity index (χ0) is 24.9. The summed E-state index contributed by atoms with van der Waals surface area (Å²) in [6.45, 7) is 3.74. The molecule has 0 aliphatic rings. The van der Waals surface area contributed by atoms with Crippen molar-refractivity contribution in [2.75, 3.05) is 10.6 Å². The highest BCUT2D eigenvalue weighted by molar-refractivity contribution is 6.05. The number of carbonyl (C=O) groups excluding carboxylic acids is 2. The second kappa shape index (κ2) is 10.3. The standard InChI is InChI=1S/C28H28N4O3/c1-4-24(20-12-7-5-8-13-20)27(34)29-22-15-11-14-21(18-22)26(33)30-25-19(2)31(3)32(28(25)35)23-16-9-6-10-17-23/h5-18,24H,4H2,1-3H3,(H,29,34)(H,30,33). The lowest BCUT2D eigenvalue weighted by Gasteiger charge is -2.16. The van der Waals surface area contributed by atoms with Crippen LogP contribution in [0, 0.1) is 6.92 Å². The predicted molar refractivity (Wildman–Crippen MR) is 138 cm³/mol. The highest BCUT2D eigenvalue weighted by Gasteiger charge is 2.21. The van der Waals surface area contributed by atoms with Crippen molar-refractivity contribution in [2.24, 2.45) is 7.05 Å². The van der Waals surface area contributed by atoms with Crippen molar-refractivity contribution >= 4 is 23.2 Å². The SMILES string of the molecule is CCC(C(=O)Nc1cccc(C(=O)Nc2c(C)n(C)n(-c3ccccc3)c2=O)c1)c1ccccc1. The van der Waals surface area contributed by atoms with E-state index in [2.05, 4.69) is 10.6 Å². The Morgan fingerprint density at radius 1 is 0.886 bits per heavy atom. The summed E-state index contributed by atoms with van der Waals surface area (Å²) < 4.78 is 3.22. The Morgan fingerprint density at radius 2 is 1.54 bits per heavy atom. The Morgan fingerprint density at radius 3 is 2.20 bits per heavy atom. The van der Waals surface area contributed by atoms with E-state index in [1.165, 1.54) is 4.68 Å². The second-order valence-electron chi connectivity index (χ2n) is 8.33. The van der Waals surface area contributed by atoms with Gasteiger partial charge in [0, 0.05) is 18.3 Å². The van der Waals surface area contributed by atoms with Crippen LogP contribution in [0.2, 0.25) is 0 Å². The Balaban J connectivity index is 1.54. The van der Waals surface area contributed by atoms with Crippen LogP contribution in [0.4, 0.5) is 11.4 Å². The number of amides is 2. The molecule has 1 heterocycles. The van der Waals surface area contributed by atoms with Crippen LogP contribution in [-0.4, -0.2) is 21.2 Å². The van der Waals surface area contributed by atoms with Crippen molar-refractivity contribution in [3.63, 3.8) is 0 Å². The predicted octanol–water partition coefficient (Wildman–Crippen LogP) is 4.87. The van der Waals surface area contributed by atoms with E-state index in [-0.39, 0.29) is 23.1 Å². The molecule has 7 nitrogen and oxygen atoms in total. The molecule has 1 atom stereocenters. The van der Waals surface area contributed by atoms with Crippen molar-refractivity contribution in [3.05, 3.63) is 112 Å². The largest absolute Gasteiger partial charge is 0.326 e. The van der Waals surface area contributed by atoms with Gasteiger partial charge in [-0.15, -0.1) is 0 Å². The highest BCUT2D eigenvalue weighted by atomic mass is 16.2. The third kappa shape index (κ3) is 4.94. The van der Waals surface area contributed by atoms with Gasteiger partial charge < -0.3 is 10.6 Å². The first-order chi connectivity index (χ1) is 16.9. The van der Waals surface area contributed by atoms with Gasteiger partial charge in [0.25, 0.3) is 11.5 Å². The molecule has 4 aromatic rings. The molecule has 0 aliphatic carbocycles. The Labute approximate surface area is 204 Å². The number of hydrogen-bond donors (Lipinski definition) is 2. The zero-order valence-electron chi connectivity index (χ0n) is 20.0. The van der Waals surface area contributed by atoms with Gasteiger partial charge in [0.2, 0.25) is 5.91 Å². The minimum Gasteiger partial charge on any atom is -0.326 e. The lowest BCUT2D eigenvalue weighted by Crippen LogP contribution is -2.23. The summed E-state index contributed by atoms with van der Waals surface area (Å²) in [5, 5.41) is 5.68. The molecule has 0 fully saturated rings. The number of rotatable bonds is 7. The van der Waals surface area contributed by atoms with Gasteiger partial charge in [-0.3, -0.25) is 19.1 Å². The molecule has 7 heteroatoms. The lowest BCUT2D eigenvalue weighted by molar-refractivity contribution is -0.117. The Kier molecular flexibility index (Phi) is 6.96. The first kappa shape index (κ1) is 23.8. The van der Waals surface area contributed by atoms with Crippen LogP contribution >= 0.6 is 0 Å². The van der Waals surface area contributed by atoms with Crippen LogP contribution in [0.25, 0.3) is 5.69 Å². The van der Waals surface area contributed by atoms with Crippen LogP contribution in [0.15, 0.2) is 89.7 Å². The van der Waals surface area contributed by atoms with E-state index >= 15 is 0 Å². The Bertz CT molecular complexity index is 1410. The van der Waals surface area contributed by atoms with Crippen molar-refractivity contribution in [1.82, 2.24) is 9.36 Å². The summed E-state index contributed by atoms with van der Waals surface area (Å²) in [5.41, 5.74) is 3.03. The van der Waals surface area contributed by atoms with E-state index in [1.54, 1.807) is 42.9 Å². The fourth-order valence-electron chi connectivity index (χ4n) is 4.12. The average Bonchev–Trinajstić information content (AvgIpc) is 3.08. The number of benzene rings is 3. The van der Waals surface area contributed by atoms with Crippen LogP contribution in [0.5, 0.6) is 0 Å². The summed E-state index contributed by atoms with van der Waals surface area (Å²) in [4.78, 5) is 39.1. The van der Waals surface area contributed by atoms with Crippen LogP contribution < -0.4 is 16.2 Å². The molecule has 2 amide bonds. The van der Waals surface area contributed by atoms with Gasteiger partial charge in [0.1, 0.15) is 5.69 Å². The molecule has 2 N–H and O–H groups in total. The van der Waals surface area contributed by atoms with Crippen LogP contribution in [-0.2, 0) is 11.8 Å². The summed E-state index contributed by atoms with van der Waals surface area (Å²) in [6, 6.07) is 25.5. The number of carbonyl (C=O) groups is 2. The third-order valence-electron chi connectivity index (χ3n) is 6.11. The zero-order valence-corrected chi connectivity index (χ0v) is 20.0. The van der Waals surface area contributed by atoms with Gasteiger partial charge in [-0.2, -0.15) is 0 Å². The number of hydrogen-bond acceptors (Lipinski definition) is 3. The maximum absolute atomic E-state index is 13.1. The molecule has 178 valence electrons. The van der Waals surface area contributed by atoms with Crippen LogP contribution in [0.1, 0.15) is 40.9 Å². The van der Waals surface area contributed by atoms with Gasteiger partial charge in [0.05, 0.1) is 17.3 Å². The molecule has 35 heavy (non-hydrogen) atoms. The monoisotopic (exact) mass is 468 g/mol. The van der Waals surface area contributed by atoms with E-state index in [4.69, 9.17) is 0 Å². The maximum Gasteiger partial charge on any atom is 0.295 e. The molecular weight excluding hydrogens is 440 g/mol. The maximum atomic E-state index is 13.1. The van der Waals surface area contributed by atoms with E-state index in [0.717, 1.165) is 5.56 Å². The van der Waals surface area contributed by atoms with Gasteiger partial charge in [0.15, 0.2) is 0 Å². The molecule has 4 rings (SSSR count). The molecule has 3 aromatic carbocycles. The molecule has 0 spiro atoms. The fourth-order valence-corrected chi connectivity index (χ4v) is 4.12. The second-order valence-corrected chi connectivity index (χ2v) is 8.33. The molecule has 1 aromatic heterocycles. The molecule has 0 bridgehead atoms. The number of para-hydroxylation sites is 1. The number of nitrogens with one attached hydrogen (secondary N) is 2.